The zero-order chi connectivity index (χ0) is 17.9. The van der Waals surface area contributed by atoms with Gasteiger partial charge in [-0.2, -0.15) is 0 Å². The minimum absolute atomic E-state index is 0. The SMILES string of the molecule is CCNCCCNCc1cc(Cl)cc(OC)c1OCc1ccccc1.Cl.Cl. The summed E-state index contributed by atoms with van der Waals surface area (Å²) in [5, 5.41) is 7.41. The Kier molecular flexibility index (Phi) is 14.2. The molecule has 0 aromatic heterocycles. The Morgan fingerprint density at radius 3 is 2.37 bits per heavy atom. The summed E-state index contributed by atoms with van der Waals surface area (Å²) < 4.78 is 11.5. The Morgan fingerprint density at radius 2 is 1.70 bits per heavy atom. The number of benzene rings is 2. The number of halogens is 3. The highest BCUT2D eigenvalue weighted by atomic mass is 35.5. The predicted molar refractivity (Wildman–Crippen MR) is 118 cm³/mol. The molecule has 27 heavy (non-hydrogen) atoms. The van der Waals surface area contributed by atoms with Crippen molar-refractivity contribution in [2.24, 2.45) is 0 Å². The lowest BCUT2D eigenvalue weighted by molar-refractivity contribution is 0.280. The van der Waals surface area contributed by atoms with Gasteiger partial charge < -0.3 is 20.1 Å². The van der Waals surface area contributed by atoms with Gasteiger partial charge in [-0.05, 0) is 37.7 Å². The van der Waals surface area contributed by atoms with Crippen molar-refractivity contribution < 1.29 is 9.47 Å². The molecule has 0 radical (unpaired) electrons. The summed E-state index contributed by atoms with van der Waals surface area (Å²) in [5.41, 5.74) is 2.12. The van der Waals surface area contributed by atoms with Gasteiger partial charge in [0, 0.05) is 23.2 Å². The first-order valence-electron chi connectivity index (χ1n) is 8.69. The molecule has 2 aromatic carbocycles. The van der Waals surface area contributed by atoms with Gasteiger partial charge in [0.05, 0.1) is 7.11 Å². The molecule has 0 atom stereocenters. The highest BCUT2D eigenvalue weighted by Gasteiger charge is 2.13. The molecule has 2 aromatic rings. The minimum Gasteiger partial charge on any atom is -0.493 e. The van der Waals surface area contributed by atoms with Crippen molar-refractivity contribution in [3.63, 3.8) is 0 Å². The third-order valence-corrected chi connectivity index (χ3v) is 4.03. The molecular formula is C20H29Cl3N2O2. The topological polar surface area (TPSA) is 42.5 Å². The van der Waals surface area contributed by atoms with Crippen LogP contribution in [0.25, 0.3) is 0 Å². The van der Waals surface area contributed by atoms with Crippen LogP contribution in [-0.4, -0.2) is 26.7 Å². The largest absolute Gasteiger partial charge is 0.493 e. The van der Waals surface area contributed by atoms with Gasteiger partial charge in [0.15, 0.2) is 11.5 Å². The van der Waals surface area contributed by atoms with Crippen LogP contribution in [0.1, 0.15) is 24.5 Å². The fourth-order valence-electron chi connectivity index (χ4n) is 2.54. The van der Waals surface area contributed by atoms with Crippen LogP contribution in [0.4, 0.5) is 0 Å². The fraction of sp³-hybridized carbons (Fsp3) is 0.400. The molecule has 0 amide bonds. The van der Waals surface area contributed by atoms with Gasteiger partial charge in [-0.25, -0.2) is 0 Å². The second-order valence-electron chi connectivity index (χ2n) is 5.75. The predicted octanol–water partition coefficient (Wildman–Crippen LogP) is 4.86. The van der Waals surface area contributed by atoms with Crippen LogP contribution in [-0.2, 0) is 13.2 Å². The highest BCUT2D eigenvalue weighted by molar-refractivity contribution is 6.30. The zero-order valence-electron chi connectivity index (χ0n) is 15.8. The maximum absolute atomic E-state index is 6.23. The summed E-state index contributed by atoms with van der Waals surface area (Å²) >= 11 is 6.23. The van der Waals surface area contributed by atoms with Crippen LogP contribution < -0.4 is 20.1 Å². The van der Waals surface area contributed by atoms with Crippen molar-refractivity contribution >= 4 is 36.4 Å². The van der Waals surface area contributed by atoms with Gasteiger partial charge in [-0.1, -0.05) is 48.9 Å². The first kappa shape index (κ1) is 25.8. The van der Waals surface area contributed by atoms with Crippen LogP contribution in [0, 0.1) is 0 Å². The lowest BCUT2D eigenvalue weighted by atomic mass is 10.1. The lowest BCUT2D eigenvalue weighted by Gasteiger charge is -2.16. The van der Waals surface area contributed by atoms with E-state index in [0.717, 1.165) is 42.9 Å². The molecule has 152 valence electrons. The van der Waals surface area contributed by atoms with Crippen molar-refractivity contribution in [1.82, 2.24) is 10.6 Å². The van der Waals surface area contributed by atoms with E-state index in [4.69, 9.17) is 21.1 Å². The van der Waals surface area contributed by atoms with Gasteiger partial charge in [-0.3, -0.25) is 0 Å². The molecule has 0 unspecified atom stereocenters. The summed E-state index contributed by atoms with van der Waals surface area (Å²) in [6.45, 7) is 6.24. The van der Waals surface area contributed by atoms with E-state index in [-0.39, 0.29) is 24.8 Å². The monoisotopic (exact) mass is 434 g/mol. The van der Waals surface area contributed by atoms with Crippen LogP contribution in [0.3, 0.4) is 0 Å². The Labute approximate surface area is 179 Å². The van der Waals surface area contributed by atoms with Crippen LogP contribution >= 0.6 is 36.4 Å². The molecule has 0 heterocycles. The average Bonchev–Trinajstić information content (AvgIpc) is 2.64. The number of nitrogens with one attached hydrogen (secondary N) is 2. The van der Waals surface area contributed by atoms with Crippen molar-refractivity contribution in [2.75, 3.05) is 26.7 Å². The van der Waals surface area contributed by atoms with E-state index in [1.165, 1.54) is 0 Å². The summed E-state index contributed by atoms with van der Waals surface area (Å²) in [7, 11) is 1.63. The number of rotatable bonds is 11. The second-order valence-corrected chi connectivity index (χ2v) is 6.19. The Hall–Kier alpha value is -1.17. The lowest BCUT2D eigenvalue weighted by Crippen LogP contribution is -2.21. The zero-order valence-corrected chi connectivity index (χ0v) is 18.2. The van der Waals surface area contributed by atoms with Gasteiger partial charge in [0.2, 0.25) is 0 Å². The third kappa shape index (κ3) is 9.04. The summed E-state index contributed by atoms with van der Waals surface area (Å²) in [6, 6.07) is 13.8. The number of methoxy groups -OCH3 is 1. The maximum Gasteiger partial charge on any atom is 0.166 e. The quantitative estimate of drug-likeness (QED) is 0.495. The molecule has 0 aliphatic heterocycles. The normalized spacial score (nSPS) is 9.89. The fourth-order valence-corrected chi connectivity index (χ4v) is 2.77. The van der Waals surface area contributed by atoms with Crippen molar-refractivity contribution in [1.29, 1.82) is 0 Å². The van der Waals surface area contributed by atoms with E-state index in [1.807, 2.05) is 36.4 Å². The van der Waals surface area contributed by atoms with Crippen molar-refractivity contribution in [3.8, 4) is 11.5 Å². The second kappa shape index (κ2) is 14.8. The molecule has 0 fully saturated rings. The van der Waals surface area contributed by atoms with Gasteiger partial charge in [-0.15, -0.1) is 24.8 Å². The minimum atomic E-state index is 0. The molecule has 2 rings (SSSR count). The van der Waals surface area contributed by atoms with Crippen LogP contribution in [0.15, 0.2) is 42.5 Å². The standard InChI is InChI=1S/C20H27ClN2O2.2ClH/c1-3-22-10-7-11-23-14-17-12-18(21)13-19(24-2)20(17)25-15-16-8-5-4-6-9-16;;/h4-6,8-9,12-13,22-23H,3,7,10-11,14-15H2,1-2H3;2*1H. The molecular weight excluding hydrogens is 407 g/mol. The first-order valence-corrected chi connectivity index (χ1v) is 9.07. The molecule has 0 aliphatic rings. The molecule has 2 N–H and O–H groups in total. The van der Waals surface area contributed by atoms with E-state index in [1.54, 1.807) is 13.2 Å². The first-order chi connectivity index (χ1) is 12.2. The van der Waals surface area contributed by atoms with Gasteiger partial charge in [0.1, 0.15) is 6.61 Å². The molecule has 4 nitrogen and oxygen atoms in total. The van der Waals surface area contributed by atoms with E-state index in [9.17, 15) is 0 Å². The van der Waals surface area contributed by atoms with Gasteiger partial charge >= 0.3 is 0 Å². The van der Waals surface area contributed by atoms with E-state index >= 15 is 0 Å². The number of hydrogen-bond acceptors (Lipinski definition) is 4. The molecule has 0 spiro atoms. The summed E-state index contributed by atoms with van der Waals surface area (Å²) in [4.78, 5) is 0. The van der Waals surface area contributed by atoms with E-state index < -0.39 is 0 Å². The Morgan fingerprint density at radius 1 is 1.00 bits per heavy atom. The number of ether oxygens (including phenoxy) is 2. The highest BCUT2D eigenvalue weighted by Crippen LogP contribution is 2.35. The van der Waals surface area contributed by atoms with E-state index in [2.05, 4.69) is 17.6 Å². The number of hydrogen-bond donors (Lipinski definition) is 2. The van der Waals surface area contributed by atoms with Crippen molar-refractivity contribution in [2.45, 2.75) is 26.5 Å². The Balaban J connectivity index is 0.00000338. The maximum atomic E-state index is 6.23. The van der Waals surface area contributed by atoms with E-state index in [0.29, 0.717) is 23.9 Å². The molecule has 0 bridgehead atoms. The average molecular weight is 436 g/mol. The third-order valence-electron chi connectivity index (χ3n) is 3.82. The summed E-state index contributed by atoms with van der Waals surface area (Å²) in [5.74, 6) is 1.41. The van der Waals surface area contributed by atoms with Crippen LogP contribution in [0.2, 0.25) is 5.02 Å². The summed E-state index contributed by atoms with van der Waals surface area (Å²) in [6.07, 6.45) is 1.08. The Bertz CT molecular complexity index is 643. The molecule has 0 saturated carbocycles. The van der Waals surface area contributed by atoms with Crippen LogP contribution in [0.5, 0.6) is 11.5 Å². The molecule has 7 heteroatoms. The van der Waals surface area contributed by atoms with Crippen molar-refractivity contribution in [3.05, 3.63) is 58.6 Å². The molecule has 0 aliphatic carbocycles. The smallest absolute Gasteiger partial charge is 0.166 e. The van der Waals surface area contributed by atoms with Gasteiger partial charge in [0.25, 0.3) is 0 Å². The molecule has 0 saturated heterocycles.